The summed E-state index contributed by atoms with van der Waals surface area (Å²) in [7, 11) is 1.18. The first-order chi connectivity index (χ1) is 11.5. The van der Waals surface area contributed by atoms with Crippen molar-refractivity contribution in [3.8, 4) is 0 Å². The van der Waals surface area contributed by atoms with Gasteiger partial charge in [0.2, 0.25) is 0 Å². The molecule has 11 heteroatoms. The highest BCUT2D eigenvalue weighted by Gasteiger charge is 2.14. The number of carboxylic acids is 1. The van der Waals surface area contributed by atoms with Crippen molar-refractivity contribution in [2.24, 2.45) is 5.73 Å². The normalized spacial score (nSPS) is 14.7. The fourth-order valence-electron chi connectivity index (χ4n) is 1.79. The van der Waals surface area contributed by atoms with Crippen molar-refractivity contribution in [2.45, 2.75) is 18.6 Å². The summed E-state index contributed by atoms with van der Waals surface area (Å²) in [6.45, 7) is 3.27. The Morgan fingerprint density at radius 3 is 2.08 bits per heavy atom. The van der Waals surface area contributed by atoms with Crippen molar-refractivity contribution in [1.82, 2.24) is 0 Å². The minimum absolute atomic E-state index is 0. The standard InChI is InChI=1S/C15H33NO7S.ClH.H2S/c1-20-4-5-21-6-7-22-8-9-23-11-13(17)12-24(2)10-3-14(16)15(18)19;;/h13-14,17,24H,3-12,16H2,1-2H3,(H,18,19);1H;1H2/t13?,14-;;/m0../s1. The van der Waals surface area contributed by atoms with Gasteiger partial charge < -0.3 is 34.9 Å². The van der Waals surface area contributed by atoms with Crippen LogP contribution >= 0.6 is 36.8 Å². The van der Waals surface area contributed by atoms with E-state index in [1.807, 2.05) is 6.26 Å². The van der Waals surface area contributed by atoms with Gasteiger partial charge in [0.05, 0.1) is 52.4 Å². The summed E-state index contributed by atoms with van der Waals surface area (Å²) in [6.07, 6.45) is 1.92. The smallest absolute Gasteiger partial charge is 0.320 e. The van der Waals surface area contributed by atoms with Gasteiger partial charge >= 0.3 is 5.97 Å². The zero-order valence-corrected chi connectivity index (χ0v) is 18.3. The number of aliphatic carboxylic acids is 1. The second-order valence-electron chi connectivity index (χ2n) is 5.44. The number of ether oxygens (including phenoxy) is 4. The van der Waals surface area contributed by atoms with E-state index in [0.717, 1.165) is 5.75 Å². The van der Waals surface area contributed by atoms with Crippen molar-refractivity contribution < 1.29 is 34.0 Å². The molecule has 0 aliphatic carbocycles. The first-order valence-electron chi connectivity index (χ1n) is 8.04. The van der Waals surface area contributed by atoms with Gasteiger partial charge in [0.25, 0.3) is 0 Å². The van der Waals surface area contributed by atoms with Crippen LogP contribution in [0, 0.1) is 0 Å². The Balaban J connectivity index is -0.00000264. The van der Waals surface area contributed by atoms with E-state index in [4.69, 9.17) is 29.8 Å². The maximum absolute atomic E-state index is 10.6. The van der Waals surface area contributed by atoms with Gasteiger partial charge in [0.1, 0.15) is 6.04 Å². The van der Waals surface area contributed by atoms with Gasteiger partial charge in [-0.15, -0.1) is 12.4 Å². The molecule has 0 heterocycles. The third-order valence-electron chi connectivity index (χ3n) is 3.15. The fraction of sp³-hybridized carbons (Fsp3) is 0.933. The molecule has 0 radical (unpaired) electrons. The summed E-state index contributed by atoms with van der Waals surface area (Å²) in [4.78, 5) is 10.6. The Bertz CT molecular complexity index is 320. The van der Waals surface area contributed by atoms with E-state index >= 15 is 0 Å². The monoisotopic (exact) mass is 441 g/mol. The summed E-state index contributed by atoms with van der Waals surface area (Å²) in [5, 5.41) is 18.6. The Labute approximate surface area is 172 Å². The number of thiol groups is 1. The van der Waals surface area contributed by atoms with E-state index in [-0.39, 0.29) is 32.5 Å². The summed E-state index contributed by atoms with van der Waals surface area (Å²) in [6, 6.07) is -0.820. The van der Waals surface area contributed by atoms with E-state index in [2.05, 4.69) is 0 Å². The van der Waals surface area contributed by atoms with Crippen LogP contribution in [-0.2, 0) is 23.7 Å². The van der Waals surface area contributed by atoms with Crippen LogP contribution in [0.25, 0.3) is 0 Å². The first-order valence-corrected chi connectivity index (χ1v) is 10.2. The van der Waals surface area contributed by atoms with E-state index in [0.29, 0.717) is 51.8 Å². The molecule has 0 aromatic carbocycles. The molecule has 26 heavy (non-hydrogen) atoms. The predicted octanol–water partition coefficient (Wildman–Crippen LogP) is 0.0111. The van der Waals surface area contributed by atoms with Crippen LogP contribution < -0.4 is 5.73 Å². The lowest BCUT2D eigenvalue weighted by Gasteiger charge is -2.20. The van der Waals surface area contributed by atoms with Crippen LogP contribution in [-0.4, -0.2) is 99.4 Å². The third-order valence-corrected chi connectivity index (χ3v) is 5.21. The molecule has 3 atom stereocenters. The summed E-state index contributed by atoms with van der Waals surface area (Å²) < 4.78 is 20.8. The summed E-state index contributed by atoms with van der Waals surface area (Å²) in [5.41, 5.74) is 5.46. The quantitative estimate of drug-likeness (QED) is 0.184. The molecule has 0 spiro atoms. The topological polar surface area (TPSA) is 120 Å². The van der Waals surface area contributed by atoms with Gasteiger partial charge in [-0.05, 0) is 18.4 Å². The molecular formula is C15H36ClNO7S2. The second kappa shape index (κ2) is 21.5. The Morgan fingerprint density at radius 1 is 1.08 bits per heavy atom. The van der Waals surface area contributed by atoms with E-state index in [9.17, 15) is 9.90 Å². The lowest BCUT2D eigenvalue weighted by Crippen LogP contribution is -2.31. The molecule has 0 aliphatic heterocycles. The number of rotatable bonds is 17. The molecule has 162 valence electrons. The highest BCUT2D eigenvalue weighted by Crippen LogP contribution is 2.22. The minimum atomic E-state index is -0.980. The number of carbonyl (C=O) groups is 1. The molecule has 0 bridgehead atoms. The Morgan fingerprint density at radius 2 is 1.58 bits per heavy atom. The number of hydrogen-bond donors (Lipinski definition) is 4. The molecule has 0 fully saturated rings. The van der Waals surface area contributed by atoms with Crippen molar-refractivity contribution >= 4 is 42.8 Å². The molecule has 0 aliphatic rings. The molecule has 0 aromatic rings. The zero-order chi connectivity index (χ0) is 18.2. The van der Waals surface area contributed by atoms with Gasteiger partial charge in [0.15, 0.2) is 0 Å². The largest absolute Gasteiger partial charge is 0.480 e. The molecule has 4 N–H and O–H groups in total. The molecule has 0 saturated heterocycles. The lowest BCUT2D eigenvalue weighted by molar-refractivity contribution is -0.138. The number of aliphatic hydroxyl groups excluding tert-OH is 1. The lowest BCUT2D eigenvalue weighted by atomic mass is 10.2. The van der Waals surface area contributed by atoms with Gasteiger partial charge in [-0.2, -0.15) is 13.5 Å². The van der Waals surface area contributed by atoms with E-state index < -0.39 is 29.0 Å². The van der Waals surface area contributed by atoms with E-state index in [1.54, 1.807) is 7.11 Å². The minimum Gasteiger partial charge on any atom is -0.480 e. The van der Waals surface area contributed by atoms with Crippen LogP contribution in [0.5, 0.6) is 0 Å². The summed E-state index contributed by atoms with van der Waals surface area (Å²) >= 11 is 0. The van der Waals surface area contributed by atoms with Crippen molar-refractivity contribution in [1.29, 1.82) is 0 Å². The highest BCUT2D eigenvalue weighted by molar-refractivity contribution is 8.16. The number of hydrogen-bond acceptors (Lipinski definition) is 7. The molecule has 0 aromatic heterocycles. The van der Waals surface area contributed by atoms with Gasteiger partial charge in [-0.1, -0.05) is 0 Å². The van der Waals surface area contributed by atoms with Crippen molar-refractivity contribution in [3.05, 3.63) is 0 Å². The van der Waals surface area contributed by atoms with Gasteiger partial charge in [0, 0.05) is 12.9 Å². The number of aliphatic hydroxyl groups is 1. The van der Waals surface area contributed by atoms with Gasteiger partial charge in [-0.25, -0.2) is 0 Å². The number of halogens is 1. The van der Waals surface area contributed by atoms with Crippen molar-refractivity contribution in [3.63, 3.8) is 0 Å². The molecule has 0 amide bonds. The number of carboxylic acid groups (broad SMARTS) is 1. The number of methoxy groups -OCH3 is 1. The van der Waals surface area contributed by atoms with E-state index in [1.165, 1.54) is 0 Å². The SMILES string of the molecule is COCCOCCOCCOCC(O)C[SH](C)CC[C@H](N)C(=O)O.Cl.S. The zero-order valence-electron chi connectivity index (χ0n) is 15.6. The Hall–Kier alpha value is 0.220. The maximum atomic E-state index is 10.6. The number of nitrogens with two attached hydrogens (primary N) is 1. The van der Waals surface area contributed by atoms with Crippen molar-refractivity contribution in [2.75, 3.05) is 71.1 Å². The van der Waals surface area contributed by atoms with Crippen LogP contribution in [0.3, 0.4) is 0 Å². The first kappa shape index (κ1) is 30.9. The molecule has 2 unspecified atom stereocenters. The second-order valence-corrected chi connectivity index (χ2v) is 7.97. The molecule has 8 nitrogen and oxygen atoms in total. The van der Waals surface area contributed by atoms with Gasteiger partial charge in [-0.3, -0.25) is 15.7 Å². The Kier molecular flexibility index (Phi) is 25.6. The predicted molar refractivity (Wildman–Crippen MR) is 113 cm³/mol. The van der Waals surface area contributed by atoms with Crippen LogP contribution in [0.1, 0.15) is 6.42 Å². The fourth-order valence-corrected chi connectivity index (χ4v) is 3.51. The average Bonchev–Trinajstić information content (AvgIpc) is 2.54. The van der Waals surface area contributed by atoms with Crippen LogP contribution in [0.15, 0.2) is 0 Å². The molecule has 0 rings (SSSR count). The summed E-state index contributed by atoms with van der Waals surface area (Å²) in [5.74, 6) is 0.369. The average molecular weight is 442 g/mol. The van der Waals surface area contributed by atoms with Crippen LogP contribution in [0.2, 0.25) is 0 Å². The van der Waals surface area contributed by atoms with Crippen LogP contribution in [0.4, 0.5) is 0 Å². The molecular weight excluding hydrogens is 406 g/mol. The highest BCUT2D eigenvalue weighted by atomic mass is 35.5. The maximum Gasteiger partial charge on any atom is 0.320 e. The third kappa shape index (κ3) is 20.5. The molecule has 0 saturated carbocycles.